The van der Waals surface area contributed by atoms with Crippen LogP contribution in [0.4, 0.5) is 0 Å². The second kappa shape index (κ2) is 1.81. The summed E-state index contributed by atoms with van der Waals surface area (Å²) >= 11 is 6.18. The zero-order valence-corrected chi connectivity index (χ0v) is 6.88. The summed E-state index contributed by atoms with van der Waals surface area (Å²) < 4.78 is 0. The van der Waals surface area contributed by atoms with Crippen LogP contribution in [0.3, 0.4) is 0 Å². The number of rotatable bonds is 0. The van der Waals surface area contributed by atoms with Crippen molar-refractivity contribution in [1.82, 2.24) is 0 Å². The van der Waals surface area contributed by atoms with Gasteiger partial charge in [-0.25, -0.2) is 0 Å². The minimum absolute atomic E-state index is 0.410. The van der Waals surface area contributed by atoms with Crippen molar-refractivity contribution in [3.8, 4) is 0 Å². The van der Waals surface area contributed by atoms with Crippen molar-refractivity contribution in [1.29, 1.82) is 0 Å². The molecule has 3 aliphatic rings. The van der Waals surface area contributed by atoms with Crippen LogP contribution in [0.2, 0.25) is 0 Å². The van der Waals surface area contributed by atoms with E-state index >= 15 is 0 Å². The second-order valence-corrected chi connectivity index (χ2v) is 4.03. The quantitative estimate of drug-likeness (QED) is 0.518. The van der Waals surface area contributed by atoms with Crippen LogP contribution in [-0.4, -0.2) is 5.38 Å². The van der Waals surface area contributed by atoms with Gasteiger partial charge in [0.15, 0.2) is 0 Å². The fourth-order valence-electron chi connectivity index (χ4n) is 2.40. The van der Waals surface area contributed by atoms with E-state index in [-0.39, 0.29) is 0 Å². The maximum Gasteiger partial charge on any atom is 0.0473 e. The normalized spacial score (nSPS) is 38.1. The lowest BCUT2D eigenvalue weighted by molar-refractivity contribution is 0.416. The maximum atomic E-state index is 6.18. The van der Waals surface area contributed by atoms with Crippen LogP contribution in [0, 0.1) is 0 Å². The topological polar surface area (TPSA) is 0 Å². The van der Waals surface area contributed by atoms with Gasteiger partial charge >= 0.3 is 0 Å². The molecule has 1 aromatic carbocycles. The van der Waals surface area contributed by atoms with Crippen LogP contribution < -0.4 is 0 Å². The Hall–Kier alpha value is -0.490. The molecule has 0 heterocycles. The van der Waals surface area contributed by atoms with Gasteiger partial charge in [-0.15, -0.1) is 11.6 Å². The second-order valence-electron chi connectivity index (χ2n) is 3.52. The van der Waals surface area contributed by atoms with Gasteiger partial charge < -0.3 is 0 Å². The molecule has 4 rings (SSSR count). The summed E-state index contributed by atoms with van der Waals surface area (Å²) in [5.74, 6) is 1.36. The Bertz CT molecular complexity index is 276. The molecule has 1 aromatic rings. The van der Waals surface area contributed by atoms with Gasteiger partial charge in [0.1, 0.15) is 0 Å². The van der Waals surface area contributed by atoms with E-state index in [4.69, 9.17) is 11.6 Å². The summed E-state index contributed by atoms with van der Waals surface area (Å²) in [7, 11) is 0. The molecule has 2 atom stereocenters. The van der Waals surface area contributed by atoms with E-state index in [1.54, 1.807) is 0 Å². The van der Waals surface area contributed by atoms with Crippen LogP contribution in [0.25, 0.3) is 0 Å². The largest absolute Gasteiger partial charge is 0.122 e. The first-order valence-corrected chi connectivity index (χ1v) is 4.54. The third-order valence-electron chi connectivity index (χ3n) is 3.07. The molecule has 1 fully saturated rings. The van der Waals surface area contributed by atoms with E-state index in [0.29, 0.717) is 17.2 Å². The lowest BCUT2D eigenvalue weighted by Crippen LogP contribution is -2.24. The number of benzene rings is 1. The highest BCUT2D eigenvalue weighted by Crippen LogP contribution is 2.59. The summed E-state index contributed by atoms with van der Waals surface area (Å²) in [6.07, 6.45) is 1.30. The Morgan fingerprint density at radius 3 is 2.09 bits per heavy atom. The first-order valence-electron chi connectivity index (χ1n) is 4.11. The molecule has 0 aliphatic heterocycles. The highest BCUT2D eigenvalue weighted by molar-refractivity contribution is 6.23. The number of hydrogen-bond donors (Lipinski definition) is 0. The van der Waals surface area contributed by atoms with Crippen LogP contribution >= 0.6 is 11.6 Å². The molecule has 0 N–H and O–H groups in total. The average molecular weight is 165 g/mol. The Morgan fingerprint density at radius 1 is 1.09 bits per heavy atom. The van der Waals surface area contributed by atoms with Crippen LogP contribution in [0.5, 0.6) is 0 Å². The molecule has 0 saturated heterocycles. The summed E-state index contributed by atoms with van der Waals surface area (Å²) in [4.78, 5) is 0. The van der Waals surface area contributed by atoms with E-state index < -0.39 is 0 Å². The molecule has 1 heteroatoms. The molecule has 0 unspecified atom stereocenters. The SMILES string of the molecule is ClC1[C@@H]2C[C@@H]1c1ccccc12. The minimum Gasteiger partial charge on any atom is -0.122 e. The van der Waals surface area contributed by atoms with Crippen LogP contribution in [-0.2, 0) is 0 Å². The van der Waals surface area contributed by atoms with Gasteiger partial charge in [0, 0.05) is 17.2 Å². The number of hydrogen-bond acceptors (Lipinski definition) is 0. The third kappa shape index (κ3) is 0.576. The van der Waals surface area contributed by atoms with Crippen molar-refractivity contribution in [3.63, 3.8) is 0 Å². The van der Waals surface area contributed by atoms with Crippen molar-refractivity contribution in [2.45, 2.75) is 23.6 Å². The highest BCUT2D eigenvalue weighted by atomic mass is 35.5. The zero-order valence-electron chi connectivity index (χ0n) is 6.13. The predicted octanol–water partition coefficient (Wildman–Crippen LogP) is 2.88. The van der Waals surface area contributed by atoms with Crippen molar-refractivity contribution in [2.24, 2.45) is 0 Å². The number of halogens is 1. The van der Waals surface area contributed by atoms with E-state index in [1.807, 2.05) is 0 Å². The molecule has 0 radical (unpaired) electrons. The number of alkyl halides is 1. The Balaban J connectivity index is 2.22. The summed E-state index contributed by atoms with van der Waals surface area (Å²) in [5.41, 5.74) is 3.02. The van der Waals surface area contributed by atoms with Gasteiger partial charge in [0.25, 0.3) is 0 Å². The fraction of sp³-hybridized carbons (Fsp3) is 0.400. The summed E-state index contributed by atoms with van der Waals surface area (Å²) in [5, 5.41) is 0.410. The third-order valence-corrected chi connectivity index (χ3v) is 3.68. The summed E-state index contributed by atoms with van der Waals surface area (Å²) in [6.45, 7) is 0. The van der Waals surface area contributed by atoms with Gasteiger partial charge in [-0.05, 0) is 17.5 Å². The molecule has 1 saturated carbocycles. The first-order chi connectivity index (χ1) is 5.38. The molecular formula is C10H9Cl. The Morgan fingerprint density at radius 2 is 1.64 bits per heavy atom. The molecule has 11 heavy (non-hydrogen) atoms. The maximum absolute atomic E-state index is 6.18. The van der Waals surface area contributed by atoms with E-state index in [0.717, 1.165) is 0 Å². The van der Waals surface area contributed by atoms with Crippen molar-refractivity contribution < 1.29 is 0 Å². The standard InChI is InChI=1S/C10H9Cl/c11-10-8-5-9(10)7-4-2-1-3-6(7)8/h1-4,8-10H,5H2/t8-,9-/m1/s1. The lowest BCUT2D eigenvalue weighted by Gasteiger charge is -2.30. The van der Waals surface area contributed by atoms with Gasteiger partial charge in [0.05, 0.1) is 0 Å². The van der Waals surface area contributed by atoms with Crippen molar-refractivity contribution in [3.05, 3.63) is 35.4 Å². The van der Waals surface area contributed by atoms with Crippen LogP contribution in [0.15, 0.2) is 24.3 Å². The lowest BCUT2D eigenvalue weighted by atomic mass is 9.81. The monoisotopic (exact) mass is 164 g/mol. The zero-order chi connectivity index (χ0) is 7.42. The first kappa shape index (κ1) is 6.07. The molecular weight excluding hydrogens is 156 g/mol. The van der Waals surface area contributed by atoms with Gasteiger partial charge in [-0.2, -0.15) is 0 Å². The fourth-order valence-corrected chi connectivity index (χ4v) is 2.88. The average Bonchev–Trinajstić information content (AvgIpc) is 2.54. The van der Waals surface area contributed by atoms with Gasteiger partial charge in [-0.1, -0.05) is 24.3 Å². The molecule has 2 bridgehead atoms. The Labute approximate surface area is 71.2 Å². The van der Waals surface area contributed by atoms with Gasteiger partial charge in [-0.3, -0.25) is 0 Å². The molecule has 3 aliphatic carbocycles. The molecule has 0 aromatic heterocycles. The van der Waals surface area contributed by atoms with Crippen molar-refractivity contribution >= 4 is 11.6 Å². The predicted molar refractivity (Wildman–Crippen MR) is 46.2 cm³/mol. The van der Waals surface area contributed by atoms with E-state index in [9.17, 15) is 0 Å². The van der Waals surface area contributed by atoms with E-state index in [1.165, 1.54) is 17.5 Å². The molecule has 0 spiro atoms. The smallest absolute Gasteiger partial charge is 0.0473 e. The molecule has 0 amide bonds. The summed E-state index contributed by atoms with van der Waals surface area (Å²) in [6, 6.07) is 8.68. The van der Waals surface area contributed by atoms with Crippen molar-refractivity contribution in [2.75, 3.05) is 0 Å². The highest BCUT2D eigenvalue weighted by Gasteiger charge is 2.49. The molecule has 56 valence electrons. The van der Waals surface area contributed by atoms with Gasteiger partial charge in [0.2, 0.25) is 0 Å². The Kier molecular flexibility index (Phi) is 0.999. The molecule has 0 nitrogen and oxygen atoms in total. The van der Waals surface area contributed by atoms with E-state index in [2.05, 4.69) is 24.3 Å². The van der Waals surface area contributed by atoms with Crippen LogP contribution in [0.1, 0.15) is 29.4 Å². The minimum atomic E-state index is 0.410.